The van der Waals surface area contributed by atoms with Gasteiger partial charge in [0.2, 0.25) is 6.23 Å². The SMILES string of the molecule is COc1cccc2c1O[C@H](c1ccncc1)N1N=C(c3cccc(O)c3)C[C@H]21. The Morgan fingerprint density at radius 2 is 1.93 bits per heavy atom. The molecule has 2 aliphatic rings. The van der Waals surface area contributed by atoms with Gasteiger partial charge in [0.25, 0.3) is 0 Å². The Hall–Kier alpha value is -3.54. The molecule has 3 aromatic rings. The van der Waals surface area contributed by atoms with Gasteiger partial charge in [-0.25, -0.2) is 5.01 Å². The molecule has 2 atom stereocenters. The molecule has 2 aliphatic heterocycles. The zero-order valence-electron chi connectivity index (χ0n) is 15.3. The number of hydrazone groups is 1. The van der Waals surface area contributed by atoms with E-state index >= 15 is 0 Å². The normalized spacial score (nSPS) is 20.0. The average molecular weight is 373 g/mol. The molecule has 0 aliphatic carbocycles. The number of para-hydroxylation sites is 1. The zero-order chi connectivity index (χ0) is 19.1. The summed E-state index contributed by atoms with van der Waals surface area (Å²) < 4.78 is 11.9. The van der Waals surface area contributed by atoms with Crippen molar-refractivity contribution in [2.45, 2.75) is 18.7 Å². The van der Waals surface area contributed by atoms with Gasteiger partial charge < -0.3 is 14.6 Å². The molecule has 0 amide bonds. The number of aromatic hydroxyl groups is 1. The van der Waals surface area contributed by atoms with Crippen LogP contribution in [-0.2, 0) is 0 Å². The fraction of sp³-hybridized carbons (Fsp3) is 0.182. The molecular formula is C22H19N3O3. The lowest BCUT2D eigenvalue weighted by molar-refractivity contribution is -0.0209. The van der Waals surface area contributed by atoms with Crippen LogP contribution in [0.4, 0.5) is 0 Å². The van der Waals surface area contributed by atoms with Gasteiger partial charge in [0, 0.05) is 35.5 Å². The lowest BCUT2D eigenvalue weighted by Gasteiger charge is -2.38. The van der Waals surface area contributed by atoms with Crippen molar-refractivity contribution in [1.29, 1.82) is 0 Å². The van der Waals surface area contributed by atoms with Crippen LogP contribution < -0.4 is 9.47 Å². The second kappa shape index (κ2) is 6.56. The van der Waals surface area contributed by atoms with E-state index in [1.807, 2.05) is 41.4 Å². The third-order valence-corrected chi connectivity index (χ3v) is 5.17. The minimum absolute atomic E-state index is 0.0226. The molecule has 0 spiro atoms. The van der Waals surface area contributed by atoms with Gasteiger partial charge in [-0.2, -0.15) is 5.10 Å². The number of fused-ring (bicyclic) bond motifs is 3. The van der Waals surface area contributed by atoms with Crippen LogP contribution in [0.3, 0.4) is 0 Å². The molecule has 5 rings (SSSR count). The average Bonchev–Trinajstić information content (AvgIpc) is 3.19. The number of phenols is 1. The third-order valence-electron chi connectivity index (χ3n) is 5.17. The topological polar surface area (TPSA) is 67.2 Å². The van der Waals surface area contributed by atoms with Gasteiger partial charge in [0.1, 0.15) is 5.75 Å². The molecule has 140 valence electrons. The Morgan fingerprint density at radius 3 is 2.71 bits per heavy atom. The van der Waals surface area contributed by atoms with Gasteiger partial charge in [-0.05, 0) is 30.3 Å². The Labute approximate surface area is 162 Å². The van der Waals surface area contributed by atoms with Gasteiger partial charge in [-0.1, -0.05) is 24.3 Å². The second-order valence-electron chi connectivity index (χ2n) is 6.83. The minimum atomic E-state index is -0.383. The summed E-state index contributed by atoms with van der Waals surface area (Å²) in [4.78, 5) is 4.11. The summed E-state index contributed by atoms with van der Waals surface area (Å²) in [6.07, 6.45) is 3.84. The number of rotatable bonds is 3. The highest BCUT2D eigenvalue weighted by atomic mass is 16.5. The molecule has 0 saturated heterocycles. The number of benzene rings is 2. The summed E-state index contributed by atoms with van der Waals surface area (Å²) in [6.45, 7) is 0. The first-order valence-corrected chi connectivity index (χ1v) is 9.13. The molecule has 0 bridgehead atoms. The number of methoxy groups -OCH3 is 1. The molecule has 1 aromatic heterocycles. The Balaban J connectivity index is 1.63. The van der Waals surface area contributed by atoms with Crippen molar-refractivity contribution in [3.05, 3.63) is 83.7 Å². The molecule has 6 heteroatoms. The van der Waals surface area contributed by atoms with Crippen LogP contribution in [0.1, 0.15) is 35.4 Å². The van der Waals surface area contributed by atoms with Crippen molar-refractivity contribution < 1.29 is 14.6 Å². The molecule has 0 unspecified atom stereocenters. The lowest BCUT2D eigenvalue weighted by atomic mass is 9.95. The van der Waals surface area contributed by atoms with Crippen LogP contribution in [0.2, 0.25) is 0 Å². The van der Waals surface area contributed by atoms with E-state index < -0.39 is 0 Å². The fourth-order valence-corrected chi connectivity index (χ4v) is 3.85. The van der Waals surface area contributed by atoms with Crippen LogP contribution in [0, 0.1) is 0 Å². The molecule has 6 nitrogen and oxygen atoms in total. The number of pyridine rings is 1. The first-order valence-electron chi connectivity index (χ1n) is 9.13. The molecule has 3 heterocycles. The second-order valence-corrected chi connectivity index (χ2v) is 6.83. The van der Waals surface area contributed by atoms with Gasteiger partial charge in [0.15, 0.2) is 11.5 Å². The summed E-state index contributed by atoms with van der Waals surface area (Å²) in [5.74, 6) is 1.69. The first-order chi connectivity index (χ1) is 13.7. The number of phenolic OH excluding ortho intramolecular Hbond substituents is 1. The lowest BCUT2D eigenvalue weighted by Crippen LogP contribution is -2.33. The number of ether oxygens (including phenoxy) is 2. The van der Waals surface area contributed by atoms with Crippen LogP contribution >= 0.6 is 0 Å². The van der Waals surface area contributed by atoms with E-state index in [9.17, 15) is 5.11 Å². The minimum Gasteiger partial charge on any atom is -0.508 e. The Morgan fingerprint density at radius 1 is 1.11 bits per heavy atom. The largest absolute Gasteiger partial charge is 0.508 e. The first kappa shape index (κ1) is 16.6. The highest BCUT2D eigenvalue weighted by molar-refractivity contribution is 6.02. The van der Waals surface area contributed by atoms with E-state index in [4.69, 9.17) is 14.6 Å². The quantitative estimate of drug-likeness (QED) is 0.751. The summed E-state index contributed by atoms with van der Waals surface area (Å²) >= 11 is 0. The summed E-state index contributed by atoms with van der Waals surface area (Å²) in [6, 6.07) is 17.0. The third kappa shape index (κ3) is 2.65. The van der Waals surface area contributed by atoms with Crippen molar-refractivity contribution in [3.63, 3.8) is 0 Å². The summed E-state index contributed by atoms with van der Waals surface area (Å²) in [5, 5.41) is 16.8. The number of hydrogen-bond donors (Lipinski definition) is 1. The van der Waals surface area contributed by atoms with Crippen molar-refractivity contribution in [3.8, 4) is 17.2 Å². The summed E-state index contributed by atoms with van der Waals surface area (Å²) in [5.41, 5.74) is 3.84. The molecule has 28 heavy (non-hydrogen) atoms. The van der Waals surface area contributed by atoms with E-state index in [1.54, 1.807) is 31.6 Å². The highest BCUT2D eigenvalue weighted by Gasteiger charge is 2.42. The smallest absolute Gasteiger partial charge is 0.214 e. The van der Waals surface area contributed by atoms with Crippen molar-refractivity contribution in [2.24, 2.45) is 5.10 Å². The van der Waals surface area contributed by atoms with E-state index in [0.717, 1.165) is 28.2 Å². The van der Waals surface area contributed by atoms with Crippen LogP contribution in [0.25, 0.3) is 0 Å². The van der Waals surface area contributed by atoms with Gasteiger partial charge >= 0.3 is 0 Å². The highest BCUT2D eigenvalue weighted by Crippen LogP contribution is 2.50. The van der Waals surface area contributed by atoms with Crippen LogP contribution in [0.15, 0.2) is 72.1 Å². The van der Waals surface area contributed by atoms with E-state index in [-0.39, 0.29) is 18.0 Å². The molecule has 0 radical (unpaired) electrons. The van der Waals surface area contributed by atoms with Gasteiger partial charge in [-0.15, -0.1) is 0 Å². The zero-order valence-corrected chi connectivity index (χ0v) is 15.3. The Bertz CT molecular complexity index is 1050. The van der Waals surface area contributed by atoms with Crippen LogP contribution in [-0.4, -0.2) is 27.9 Å². The van der Waals surface area contributed by atoms with Gasteiger partial charge in [0.05, 0.1) is 18.9 Å². The molecule has 0 fully saturated rings. The van der Waals surface area contributed by atoms with Crippen molar-refractivity contribution in [2.75, 3.05) is 7.11 Å². The monoisotopic (exact) mass is 373 g/mol. The molecule has 2 aromatic carbocycles. The maximum absolute atomic E-state index is 9.87. The van der Waals surface area contributed by atoms with E-state index in [1.165, 1.54) is 0 Å². The maximum atomic E-state index is 9.87. The Kier molecular flexibility index (Phi) is 3.90. The van der Waals surface area contributed by atoms with E-state index in [2.05, 4.69) is 11.1 Å². The predicted octanol–water partition coefficient (Wildman–Crippen LogP) is 4.04. The molecule has 1 N–H and O–H groups in total. The predicted molar refractivity (Wildman–Crippen MR) is 104 cm³/mol. The standard InChI is InChI=1S/C22H19N3O3/c1-27-20-7-3-6-17-19-13-18(15-4-2-5-16(26)12-15)24-25(19)22(28-21(17)20)14-8-10-23-11-9-14/h2-12,19,22,26H,13H2,1H3/t19-,22-/m1/s1. The van der Waals surface area contributed by atoms with Gasteiger partial charge in [-0.3, -0.25) is 4.98 Å². The number of aromatic nitrogens is 1. The van der Waals surface area contributed by atoms with Crippen molar-refractivity contribution in [1.82, 2.24) is 9.99 Å². The number of nitrogens with zero attached hydrogens (tertiary/aromatic N) is 3. The molecule has 0 saturated carbocycles. The number of hydrogen-bond acceptors (Lipinski definition) is 6. The van der Waals surface area contributed by atoms with E-state index in [0.29, 0.717) is 12.2 Å². The fourth-order valence-electron chi connectivity index (χ4n) is 3.85. The summed E-state index contributed by atoms with van der Waals surface area (Å²) in [7, 11) is 1.65. The van der Waals surface area contributed by atoms with Crippen molar-refractivity contribution >= 4 is 5.71 Å². The van der Waals surface area contributed by atoms with Crippen LogP contribution in [0.5, 0.6) is 17.2 Å². The molecular weight excluding hydrogens is 354 g/mol. The maximum Gasteiger partial charge on any atom is 0.214 e.